The molecule has 1 amide bonds. The fraction of sp³-hybridized carbons (Fsp3) is 0.686. The maximum absolute atomic E-state index is 14.6. The van der Waals surface area contributed by atoms with Crippen molar-refractivity contribution in [2.75, 3.05) is 0 Å². The van der Waals surface area contributed by atoms with Crippen molar-refractivity contribution >= 4 is 17.5 Å². The summed E-state index contributed by atoms with van der Waals surface area (Å²) in [4.78, 5) is 41.2. The van der Waals surface area contributed by atoms with Crippen molar-refractivity contribution in [2.24, 2.45) is 46.0 Å². The Kier molecular flexibility index (Phi) is 6.12. The van der Waals surface area contributed by atoms with Crippen LogP contribution in [0.15, 0.2) is 35.6 Å². The van der Waals surface area contributed by atoms with E-state index >= 15 is 0 Å². The number of carbonyl (C=O) groups excluding carboxylic acids is 3. The molecule has 2 N–H and O–H groups in total. The van der Waals surface area contributed by atoms with Crippen molar-refractivity contribution < 1.29 is 19.5 Å². The molecule has 3 saturated carbocycles. The van der Waals surface area contributed by atoms with Crippen molar-refractivity contribution in [1.82, 2.24) is 15.1 Å². The van der Waals surface area contributed by atoms with Gasteiger partial charge >= 0.3 is 0 Å². The van der Waals surface area contributed by atoms with E-state index in [2.05, 4.69) is 44.2 Å². The summed E-state index contributed by atoms with van der Waals surface area (Å²) in [6.45, 7) is 14.5. The molecule has 0 aromatic carbocycles. The molecular formula is C35H46N4O4. The highest BCUT2D eigenvalue weighted by molar-refractivity contribution is 6.05. The molecule has 1 heterocycles. The van der Waals surface area contributed by atoms with E-state index in [0.717, 1.165) is 37.7 Å². The summed E-state index contributed by atoms with van der Waals surface area (Å²) in [6, 6.07) is 3.84. The van der Waals surface area contributed by atoms with Crippen molar-refractivity contribution in [3.63, 3.8) is 0 Å². The highest BCUT2D eigenvalue weighted by atomic mass is 16.3. The molecule has 8 nitrogen and oxygen atoms in total. The third-order valence-corrected chi connectivity index (χ3v) is 13.7. The van der Waals surface area contributed by atoms with Crippen LogP contribution in [-0.4, -0.2) is 43.5 Å². The van der Waals surface area contributed by atoms with Crippen LogP contribution in [0.4, 0.5) is 0 Å². The van der Waals surface area contributed by atoms with E-state index in [1.165, 1.54) is 0 Å². The summed E-state index contributed by atoms with van der Waals surface area (Å²) in [6.07, 6.45) is 10.3. The van der Waals surface area contributed by atoms with Gasteiger partial charge in [-0.25, -0.2) is 0 Å². The second-order valence-electron chi connectivity index (χ2n) is 16.2. The number of aryl methyl sites for hydroxylation is 1. The number of allylic oxidation sites excluding steroid dienone is 3. The molecule has 0 aliphatic heterocycles. The topological polar surface area (TPSA) is 125 Å². The minimum absolute atomic E-state index is 0.0550. The first-order valence-corrected chi connectivity index (χ1v) is 15.8. The van der Waals surface area contributed by atoms with Crippen molar-refractivity contribution in [1.29, 1.82) is 5.26 Å². The standard InChI is InChI=1S/C35H46N4O4/c1-29(2)23-9-11-33(6)24(32(23,5)18-21(20-36)27(29)41)17-26(40)35(43)25-19-31(4,38-28(42)22-10-16-37-39(22)8)14-12-30(25,3)13-15-34(33,35)7/h10,16-18,23,25,43H,9,11-15,19H2,1-8H3,(H,38,42)/t23-,25+,30+,31-,32-,33+,34-,35+/m0/s1. The number of hydrogen-bond acceptors (Lipinski definition) is 6. The Labute approximate surface area is 255 Å². The Morgan fingerprint density at radius 3 is 2.35 bits per heavy atom. The molecule has 0 spiro atoms. The van der Waals surface area contributed by atoms with E-state index in [4.69, 9.17) is 0 Å². The molecule has 5 aliphatic rings. The van der Waals surface area contributed by atoms with Crippen molar-refractivity contribution in [2.45, 2.75) is 105 Å². The van der Waals surface area contributed by atoms with Crippen LogP contribution < -0.4 is 5.32 Å². The Bertz CT molecular complexity index is 1560. The van der Waals surface area contributed by atoms with E-state index in [-0.39, 0.29) is 40.3 Å². The zero-order chi connectivity index (χ0) is 31.6. The molecule has 3 fully saturated rings. The van der Waals surface area contributed by atoms with Gasteiger partial charge in [0, 0.05) is 40.9 Å². The molecule has 230 valence electrons. The van der Waals surface area contributed by atoms with Crippen molar-refractivity contribution in [3.05, 3.63) is 41.3 Å². The molecule has 8 atom stereocenters. The summed E-state index contributed by atoms with van der Waals surface area (Å²) in [5, 5.41) is 30.4. The van der Waals surface area contributed by atoms with Gasteiger partial charge < -0.3 is 10.4 Å². The van der Waals surface area contributed by atoms with Gasteiger partial charge in [-0.3, -0.25) is 19.1 Å². The Morgan fingerprint density at radius 1 is 1.05 bits per heavy atom. The monoisotopic (exact) mass is 586 g/mol. The second-order valence-corrected chi connectivity index (χ2v) is 16.2. The van der Waals surface area contributed by atoms with Crippen LogP contribution in [0.2, 0.25) is 0 Å². The first kappa shape index (κ1) is 30.0. The van der Waals surface area contributed by atoms with Gasteiger partial charge in [0.05, 0.1) is 5.57 Å². The third kappa shape index (κ3) is 3.58. The predicted molar refractivity (Wildman–Crippen MR) is 161 cm³/mol. The molecule has 0 bridgehead atoms. The first-order valence-electron chi connectivity index (χ1n) is 15.8. The normalized spacial score (nSPS) is 44.9. The van der Waals surface area contributed by atoms with Gasteiger partial charge in [-0.15, -0.1) is 0 Å². The number of rotatable bonds is 2. The van der Waals surface area contributed by atoms with E-state index in [0.29, 0.717) is 18.5 Å². The number of Topliss-reactive ketones (excluding diaryl/α,β-unsaturated/α-hetero) is 1. The highest BCUT2D eigenvalue weighted by Gasteiger charge is 2.75. The minimum Gasteiger partial charge on any atom is -0.381 e. The number of carbonyl (C=O) groups is 3. The van der Waals surface area contributed by atoms with Crippen LogP contribution >= 0.6 is 0 Å². The molecule has 5 aliphatic carbocycles. The number of hydrogen-bond donors (Lipinski definition) is 2. The van der Waals surface area contributed by atoms with Gasteiger partial charge in [0.1, 0.15) is 17.4 Å². The molecule has 43 heavy (non-hydrogen) atoms. The number of nitrogens with zero attached hydrogens (tertiary/aromatic N) is 3. The van der Waals surface area contributed by atoms with Gasteiger partial charge in [0.2, 0.25) is 0 Å². The average molecular weight is 587 g/mol. The van der Waals surface area contributed by atoms with Crippen LogP contribution in [0.25, 0.3) is 0 Å². The lowest BCUT2D eigenvalue weighted by Crippen LogP contribution is -2.74. The van der Waals surface area contributed by atoms with Gasteiger partial charge in [0.15, 0.2) is 11.6 Å². The molecule has 1 aromatic rings. The Hall–Kier alpha value is -3.05. The summed E-state index contributed by atoms with van der Waals surface area (Å²) in [5.41, 5.74) is -3.59. The van der Waals surface area contributed by atoms with E-state index in [9.17, 15) is 24.8 Å². The lowest BCUT2D eigenvalue weighted by Gasteiger charge is -2.71. The van der Waals surface area contributed by atoms with Crippen LogP contribution in [0.1, 0.15) is 104 Å². The first-order chi connectivity index (χ1) is 19.8. The van der Waals surface area contributed by atoms with Gasteiger partial charge in [-0.2, -0.15) is 10.4 Å². The number of fused-ring (bicyclic) bond motifs is 7. The fourth-order valence-corrected chi connectivity index (χ4v) is 10.8. The van der Waals surface area contributed by atoms with Gasteiger partial charge in [0.25, 0.3) is 5.91 Å². The Balaban J connectivity index is 1.45. The number of amides is 1. The number of aromatic nitrogens is 2. The van der Waals surface area contributed by atoms with Crippen molar-refractivity contribution in [3.8, 4) is 6.07 Å². The summed E-state index contributed by atoms with van der Waals surface area (Å²) in [5.74, 6) is -1.02. The van der Waals surface area contributed by atoms with E-state index < -0.39 is 32.8 Å². The quantitative estimate of drug-likeness (QED) is 0.489. The SMILES string of the molecule is Cn1nccc1C(=O)N[C@@]1(C)CC[C@]2(C)CC[C@@]3(C)[C@]4(C)CC[C@H]5C(C)(C)C(=O)C(C#N)=C[C@]5(C)C4=CC(=O)[C@]3(O)[C@@H]2C1. The maximum atomic E-state index is 14.6. The number of aliphatic hydroxyl groups is 1. The summed E-state index contributed by atoms with van der Waals surface area (Å²) >= 11 is 0. The Morgan fingerprint density at radius 2 is 1.72 bits per heavy atom. The van der Waals surface area contributed by atoms with Crippen LogP contribution in [0.5, 0.6) is 0 Å². The fourth-order valence-electron chi connectivity index (χ4n) is 10.8. The second kappa shape index (κ2) is 8.78. The number of ketones is 2. The zero-order valence-electron chi connectivity index (χ0n) is 26.9. The third-order valence-electron chi connectivity index (χ3n) is 13.7. The minimum atomic E-state index is -1.62. The summed E-state index contributed by atoms with van der Waals surface area (Å²) < 4.78 is 1.55. The maximum Gasteiger partial charge on any atom is 0.269 e. The van der Waals surface area contributed by atoms with Crippen LogP contribution in [-0.2, 0) is 16.6 Å². The predicted octanol–water partition coefficient (Wildman–Crippen LogP) is 5.24. The summed E-state index contributed by atoms with van der Waals surface area (Å²) in [7, 11) is 1.74. The van der Waals surface area contributed by atoms with Crippen LogP contribution in [0.3, 0.4) is 0 Å². The highest BCUT2D eigenvalue weighted by Crippen LogP contribution is 2.75. The zero-order valence-corrected chi connectivity index (χ0v) is 26.9. The van der Waals surface area contributed by atoms with E-state index in [1.807, 2.05) is 26.8 Å². The lowest BCUT2D eigenvalue weighted by atomic mass is 9.33. The molecule has 0 radical (unpaired) electrons. The lowest BCUT2D eigenvalue weighted by molar-refractivity contribution is -0.240. The molecular weight excluding hydrogens is 540 g/mol. The smallest absolute Gasteiger partial charge is 0.269 e. The van der Waals surface area contributed by atoms with Gasteiger partial charge in [-0.1, -0.05) is 47.6 Å². The van der Waals surface area contributed by atoms with Crippen LogP contribution in [0, 0.1) is 50.2 Å². The molecule has 0 saturated heterocycles. The molecule has 1 aromatic heterocycles. The van der Waals surface area contributed by atoms with Gasteiger partial charge in [-0.05, 0) is 86.3 Å². The number of nitriles is 1. The average Bonchev–Trinajstić information content (AvgIpc) is 3.37. The van der Waals surface area contributed by atoms with E-state index in [1.54, 1.807) is 30.1 Å². The molecule has 0 unspecified atom stereocenters. The number of nitrogens with one attached hydrogen (secondary N) is 1. The largest absolute Gasteiger partial charge is 0.381 e. The molecule has 6 rings (SSSR count). The molecule has 8 heteroatoms.